The van der Waals surface area contributed by atoms with Gasteiger partial charge in [0.05, 0.1) is 20.8 Å². The van der Waals surface area contributed by atoms with Crippen LogP contribution in [0.5, 0.6) is 12.0 Å². The number of nitrogens with zero attached hydrogens (tertiary/aromatic N) is 4. The topological polar surface area (TPSA) is 89.5 Å². The lowest BCUT2D eigenvalue weighted by Crippen LogP contribution is -2.41. The SMILES string of the molecule is COc1nc(OC)nc(N2CCC(C(=O)NCc3cccs3)CC2)n1. The van der Waals surface area contributed by atoms with Gasteiger partial charge >= 0.3 is 12.0 Å². The maximum Gasteiger partial charge on any atom is 0.324 e. The largest absolute Gasteiger partial charge is 0.467 e. The van der Waals surface area contributed by atoms with E-state index in [1.54, 1.807) is 11.3 Å². The zero-order chi connectivity index (χ0) is 17.6. The van der Waals surface area contributed by atoms with Crippen LogP contribution in [0.1, 0.15) is 17.7 Å². The van der Waals surface area contributed by atoms with Gasteiger partial charge in [0.1, 0.15) is 0 Å². The number of hydrogen-bond donors (Lipinski definition) is 1. The van der Waals surface area contributed by atoms with Crippen molar-refractivity contribution < 1.29 is 14.3 Å². The first-order valence-electron chi connectivity index (χ1n) is 8.08. The second-order valence-corrected chi connectivity index (χ2v) is 6.70. The van der Waals surface area contributed by atoms with Gasteiger partial charge < -0.3 is 19.7 Å². The van der Waals surface area contributed by atoms with Crippen LogP contribution in [0.25, 0.3) is 0 Å². The molecule has 2 aromatic rings. The van der Waals surface area contributed by atoms with Crippen molar-refractivity contribution in [3.05, 3.63) is 22.4 Å². The Balaban J connectivity index is 1.55. The van der Waals surface area contributed by atoms with Gasteiger partial charge in [0.15, 0.2) is 0 Å². The van der Waals surface area contributed by atoms with Crippen LogP contribution >= 0.6 is 11.3 Å². The maximum atomic E-state index is 12.3. The molecule has 9 heteroatoms. The number of rotatable bonds is 6. The van der Waals surface area contributed by atoms with E-state index in [-0.39, 0.29) is 23.8 Å². The van der Waals surface area contributed by atoms with E-state index in [2.05, 4.69) is 20.3 Å². The molecule has 1 fully saturated rings. The molecule has 8 nitrogen and oxygen atoms in total. The van der Waals surface area contributed by atoms with Crippen LogP contribution in [-0.4, -0.2) is 48.2 Å². The van der Waals surface area contributed by atoms with Crippen LogP contribution in [0.2, 0.25) is 0 Å². The molecule has 25 heavy (non-hydrogen) atoms. The Kier molecular flexibility index (Phi) is 5.64. The number of hydrogen-bond acceptors (Lipinski definition) is 8. The van der Waals surface area contributed by atoms with Gasteiger partial charge in [-0.2, -0.15) is 9.97 Å². The summed E-state index contributed by atoms with van der Waals surface area (Å²) < 4.78 is 10.2. The van der Waals surface area contributed by atoms with E-state index in [1.807, 2.05) is 22.4 Å². The van der Waals surface area contributed by atoms with E-state index in [1.165, 1.54) is 14.2 Å². The van der Waals surface area contributed by atoms with Gasteiger partial charge in [0, 0.05) is 23.9 Å². The third kappa shape index (κ3) is 4.36. The van der Waals surface area contributed by atoms with Crippen LogP contribution in [0.3, 0.4) is 0 Å². The minimum atomic E-state index is 0.0156. The van der Waals surface area contributed by atoms with Gasteiger partial charge in [-0.15, -0.1) is 16.3 Å². The van der Waals surface area contributed by atoms with E-state index in [9.17, 15) is 4.79 Å². The van der Waals surface area contributed by atoms with E-state index in [0.717, 1.165) is 17.7 Å². The molecule has 0 atom stereocenters. The molecular formula is C16H21N5O3S. The Labute approximate surface area is 150 Å². The maximum absolute atomic E-state index is 12.3. The number of nitrogens with one attached hydrogen (secondary N) is 1. The van der Waals surface area contributed by atoms with Crippen molar-refractivity contribution in [3.63, 3.8) is 0 Å². The van der Waals surface area contributed by atoms with Crippen molar-refractivity contribution in [3.8, 4) is 12.0 Å². The Morgan fingerprint density at radius 2 is 1.92 bits per heavy atom. The number of carbonyl (C=O) groups is 1. The summed E-state index contributed by atoms with van der Waals surface area (Å²) in [6, 6.07) is 4.45. The Hall–Kier alpha value is -2.42. The summed E-state index contributed by atoms with van der Waals surface area (Å²) in [5.74, 6) is 0.641. The highest BCUT2D eigenvalue weighted by atomic mass is 32.1. The zero-order valence-corrected chi connectivity index (χ0v) is 15.1. The highest BCUT2D eigenvalue weighted by Crippen LogP contribution is 2.23. The normalized spacial score (nSPS) is 15.0. The summed E-state index contributed by atoms with van der Waals surface area (Å²) >= 11 is 1.65. The third-order valence-corrected chi connectivity index (χ3v) is 4.99. The molecule has 3 heterocycles. The van der Waals surface area contributed by atoms with Crippen LogP contribution in [0.4, 0.5) is 5.95 Å². The van der Waals surface area contributed by atoms with Crippen LogP contribution in [0.15, 0.2) is 17.5 Å². The predicted molar refractivity (Wildman–Crippen MR) is 94.0 cm³/mol. The average Bonchev–Trinajstić information content (AvgIpc) is 3.19. The second kappa shape index (κ2) is 8.11. The predicted octanol–water partition coefficient (Wildman–Crippen LogP) is 1.48. The number of thiophene rings is 1. The molecule has 2 aromatic heterocycles. The van der Waals surface area contributed by atoms with Crippen molar-refractivity contribution in [2.75, 3.05) is 32.2 Å². The molecule has 1 aliphatic heterocycles. The highest BCUT2D eigenvalue weighted by molar-refractivity contribution is 7.09. The summed E-state index contributed by atoms with van der Waals surface area (Å²) in [4.78, 5) is 28.0. The van der Waals surface area contributed by atoms with Crippen LogP contribution in [0, 0.1) is 5.92 Å². The minimum Gasteiger partial charge on any atom is -0.467 e. The number of piperidine rings is 1. The molecular weight excluding hydrogens is 342 g/mol. The van der Waals surface area contributed by atoms with Gasteiger partial charge in [-0.05, 0) is 24.3 Å². The number of ether oxygens (including phenoxy) is 2. The number of anilines is 1. The molecule has 0 bridgehead atoms. The first-order chi connectivity index (χ1) is 12.2. The fourth-order valence-corrected chi connectivity index (χ4v) is 3.37. The lowest BCUT2D eigenvalue weighted by Gasteiger charge is -2.31. The first kappa shape index (κ1) is 17.4. The van der Waals surface area contributed by atoms with Gasteiger partial charge in [0.25, 0.3) is 0 Å². The second-order valence-electron chi connectivity index (χ2n) is 5.67. The highest BCUT2D eigenvalue weighted by Gasteiger charge is 2.26. The lowest BCUT2D eigenvalue weighted by atomic mass is 9.96. The Morgan fingerprint density at radius 3 is 2.48 bits per heavy atom. The van der Waals surface area contributed by atoms with Gasteiger partial charge in [-0.25, -0.2) is 0 Å². The van der Waals surface area contributed by atoms with Gasteiger partial charge in [-0.1, -0.05) is 6.07 Å². The van der Waals surface area contributed by atoms with Gasteiger partial charge in [0.2, 0.25) is 11.9 Å². The van der Waals surface area contributed by atoms with Crippen molar-refractivity contribution in [1.29, 1.82) is 0 Å². The van der Waals surface area contributed by atoms with Crippen LogP contribution < -0.4 is 19.7 Å². The van der Waals surface area contributed by atoms with E-state index < -0.39 is 0 Å². The molecule has 1 saturated heterocycles. The van der Waals surface area contributed by atoms with Crippen LogP contribution in [-0.2, 0) is 11.3 Å². The molecule has 3 rings (SSSR count). The first-order valence-corrected chi connectivity index (χ1v) is 8.96. The van der Waals surface area contributed by atoms with Crippen molar-refractivity contribution in [2.45, 2.75) is 19.4 Å². The monoisotopic (exact) mass is 363 g/mol. The smallest absolute Gasteiger partial charge is 0.324 e. The summed E-state index contributed by atoms with van der Waals surface area (Å²) in [5.41, 5.74) is 0. The molecule has 0 radical (unpaired) electrons. The molecule has 134 valence electrons. The van der Waals surface area contributed by atoms with Crippen molar-refractivity contribution >= 4 is 23.2 Å². The number of carbonyl (C=O) groups excluding carboxylic acids is 1. The molecule has 1 aliphatic rings. The summed E-state index contributed by atoms with van der Waals surface area (Å²) in [6.07, 6.45) is 1.51. The van der Waals surface area contributed by atoms with Gasteiger partial charge in [-0.3, -0.25) is 4.79 Å². The Bertz CT molecular complexity index is 680. The summed E-state index contributed by atoms with van der Waals surface area (Å²) in [6.45, 7) is 2.00. The number of aromatic nitrogens is 3. The Morgan fingerprint density at radius 1 is 1.24 bits per heavy atom. The molecule has 1 amide bonds. The van der Waals surface area contributed by atoms with E-state index in [4.69, 9.17) is 9.47 Å². The third-order valence-electron chi connectivity index (χ3n) is 4.11. The quantitative estimate of drug-likeness (QED) is 0.831. The molecule has 0 aromatic carbocycles. The number of amides is 1. The molecule has 0 spiro atoms. The standard InChI is InChI=1S/C16H21N5O3S/c1-23-15-18-14(19-16(20-15)24-2)21-7-5-11(6-8-21)13(22)17-10-12-4-3-9-25-12/h3-4,9,11H,5-8,10H2,1-2H3,(H,17,22). The lowest BCUT2D eigenvalue weighted by molar-refractivity contribution is -0.125. The fraction of sp³-hybridized carbons (Fsp3) is 0.500. The number of methoxy groups -OCH3 is 2. The molecule has 0 unspecified atom stereocenters. The molecule has 0 saturated carbocycles. The fourth-order valence-electron chi connectivity index (χ4n) is 2.73. The van der Waals surface area contributed by atoms with Crippen molar-refractivity contribution in [2.24, 2.45) is 5.92 Å². The molecule has 0 aliphatic carbocycles. The average molecular weight is 363 g/mol. The summed E-state index contributed by atoms with van der Waals surface area (Å²) in [5, 5.41) is 5.03. The van der Waals surface area contributed by atoms with E-state index in [0.29, 0.717) is 25.6 Å². The summed E-state index contributed by atoms with van der Waals surface area (Å²) in [7, 11) is 3.01. The molecule has 1 N–H and O–H groups in total. The zero-order valence-electron chi connectivity index (χ0n) is 14.3. The van der Waals surface area contributed by atoms with Crippen molar-refractivity contribution in [1.82, 2.24) is 20.3 Å². The minimum absolute atomic E-state index is 0.0156. The van der Waals surface area contributed by atoms with E-state index >= 15 is 0 Å².